The van der Waals surface area contributed by atoms with Crippen molar-refractivity contribution in [2.24, 2.45) is 0 Å². The molecule has 2 aromatic rings. The molecule has 1 aliphatic heterocycles. The van der Waals surface area contributed by atoms with Gasteiger partial charge in [0.2, 0.25) is 0 Å². The molecule has 0 spiro atoms. The molecule has 1 aliphatic rings. The molecule has 0 unspecified atom stereocenters. The summed E-state index contributed by atoms with van der Waals surface area (Å²) in [5.74, 6) is 0. The maximum atomic E-state index is 2.55. The third-order valence-electron chi connectivity index (χ3n) is 4.43. The molecule has 1 heterocycles. The minimum atomic E-state index is -0.335. The van der Waals surface area contributed by atoms with E-state index in [1.807, 2.05) is 0 Å². The van der Waals surface area contributed by atoms with Gasteiger partial charge in [-0.1, -0.05) is 0 Å². The third kappa shape index (κ3) is 4.18. The Kier molecular flexibility index (Phi) is 5.01. The van der Waals surface area contributed by atoms with Gasteiger partial charge in [-0.2, -0.15) is 0 Å². The first-order valence-electron chi connectivity index (χ1n) is 8.54. The summed E-state index contributed by atoms with van der Waals surface area (Å²) in [6.07, 6.45) is 4.08. The molecule has 116 valence electrons. The van der Waals surface area contributed by atoms with Crippen molar-refractivity contribution in [1.29, 1.82) is 0 Å². The van der Waals surface area contributed by atoms with Gasteiger partial charge in [-0.15, -0.1) is 0 Å². The SMILES string of the molecule is C[C](C)(C)[Sn][CH2]c1ccc2cc(N3CCCCC3)ccc2c1. The van der Waals surface area contributed by atoms with Gasteiger partial charge in [-0.25, -0.2) is 0 Å². The Morgan fingerprint density at radius 3 is 2.32 bits per heavy atom. The Bertz CT molecular complexity index is 636. The van der Waals surface area contributed by atoms with Crippen LogP contribution in [0.5, 0.6) is 0 Å². The predicted molar refractivity (Wildman–Crippen MR) is 99.2 cm³/mol. The van der Waals surface area contributed by atoms with Gasteiger partial charge in [0.25, 0.3) is 0 Å². The van der Waals surface area contributed by atoms with Crippen LogP contribution in [0.25, 0.3) is 10.8 Å². The van der Waals surface area contributed by atoms with E-state index in [1.165, 1.54) is 53.2 Å². The Balaban J connectivity index is 1.78. The summed E-state index contributed by atoms with van der Waals surface area (Å²) in [7, 11) is 0. The molecule has 2 radical (unpaired) electrons. The molecule has 0 aromatic heterocycles. The molecule has 0 atom stereocenters. The Morgan fingerprint density at radius 2 is 1.59 bits per heavy atom. The average Bonchev–Trinajstić information content (AvgIpc) is 2.52. The zero-order valence-corrected chi connectivity index (χ0v) is 17.0. The molecule has 2 aromatic carbocycles. The van der Waals surface area contributed by atoms with E-state index in [0.717, 1.165) is 0 Å². The van der Waals surface area contributed by atoms with Crippen molar-refractivity contribution in [1.82, 2.24) is 0 Å². The van der Waals surface area contributed by atoms with Gasteiger partial charge in [0.15, 0.2) is 0 Å². The molecular formula is C20H27NSn. The fraction of sp³-hybridized carbons (Fsp3) is 0.500. The van der Waals surface area contributed by atoms with E-state index in [9.17, 15) is 0 Å². The molecular weight excluding hydrogens is 373 g/mol. The molecule has 22 heavy (non-hydrogen) atoms. The van der Waals surface area contributed by atoms with Gasteiger partial charge < -0.3 is 0 Å². The molecule has 1 fully saturated rings. The van der Waals surface area contributed by atoms with E-state index in [1.54, 1.807) is 5.56 Å². The van der Waals surface area contributed by atoms with Crippen LogP contribution in [0, 0.1) is 0 Å². The van der Waals surface area contributed by atoms with Crippen molar-refractivity contribution in [3.8, 4) is 0 Å². The Morgan fingerprint density at radius 1 is 0.909 bits per heavy atom. The predicted octanol–water partition coefficient (Wildman–Crippen LogP) is 5.25. The Labute approximate surface area is 145 Å². The minimum absolute atomic E-state index is 0.335. The van der Waals surface area contributed by atoms with Gasteiger partial charge in [-0.05, 0) is 0 Å². The van der Waals surface area contributed by atoms with E-state index < -0.39 is 0 Å². The molecule has 0 aliphatic carbocycles. The number of benzene rings is 2. The van der Waals surface area contributed by atoms with E-state index in [4.69, 9.17) is 0 Å². The number of anilines is 1. The molecule has 2 heteroatoms. The van der Waals surface area contributed by atoms with Crippen molar-refractivity contribution in [2.45, 2.75) is 47.9 Å². The zero-order valence-electron chi connectivity index (χ0n) is 14.2. The van der Waals surface area contributed by atoms with Crippen molar-refractivity contribution in [2.75, 3.05) is 18.0 Å². The first-order chi connectivity index (χ1) is 10.5. The van der Waals surface area contributed by atoms with Crippen LogP contribution in [0.1, 0.15) is 45.6 Å². The summed E-state index contributed by atoms with van der Waals surface area (Å²) in [5, 5.41) is 2.81. The summed E-state index contributed by atoms with van der Waals surface area (Å²) in [5.41, 5.74) is 2.95. The molecule has 1 saturated heterocycles. The van der Waals surface area contributed by atoms with Gasteiger partial charge in [-0.3, -0.25) is 0 Å². The summed E-state index contributed by atoms with van der Waals surface area (Å²) in [6, 6.07) is 14.1. The van der Waals surface area contributed by atoms with E-state index in [-0.39, 0.29) is 21.1 Å². The van der Waals surface area contributed by atoms with E-state index in [0.29, 0.717) is 3.43 Å². The zero-order chi connectivity index (χ0) is 15.6. The number of hydrogen-bond acceptors (Lipinski definition) is 1. The summed E-state index contributed by atoms with van der Waals surface area (Å²) in [4.78, 5) is 2.55. The molecule has 0 N–H and O–H groups in total. The number of nitrogens with zero attached hydrogens (tertiary/aromatic N) is 1. The van der Waals surface area contributed by atoms with E-state index >= 15 is 0 Å². The van der Waals surface area contributed by atoms with Crippen LogP contribution in [0.3, 0.4) is 0 Å². The van der Waals surface area contributed by atoms with Gasteiger partial charge in [0.05, 0.1) is 0 Å². The quantitative estimate of drug-likeness (QED) is 0.636. The van der Waals surface area contributed by atoms with Crippen molar-refractivity contribution < 1.29 is 0 Å². The third-order valence-corrected chi connectivity index (χ3v) is 9.13. The average molecular weight is 400 g/mol. The number of fused-ring (bicyclic) bond motifs is 1. The summed E-state index contributed by atoms with van der Waals surface area (Å²) >= 11 is -0.335. The molecule has 3 rings (SSSR count). The molecule has 1 nitrogen and oxygen atoms in total. The fourth-order valence-electron chi connectivity index (χ4n) is 3.11. The van der Waals surface area contributed by atoms with Gasteiger partial charge in [0.1, 0.15) is 0 Å². The molecule has 0 bridgehead atoms. The second-order valence-corrected chi connectivity index (χ2v) is 13.8. The second kappa shape index (κ2) is 6.82. The summed E-state index contributed by atoms with van der Waals surface area (Å²) in [6.45, 7) is 9.63. The molecule has 0 saturated carbocycles. The topological polar surface area (TPSA) is 3.24 Å². The second-order valence-electron chi connectivity index (χ2n) is 7.52. The number of piperidine rings is 1. The van der Waals surface area contributed by atoms with Crippen LogP contribution >= 0.6 is 0 Å². The normalized spacial score (nSPS) is 16.2. The van der Waals surface area contributed by atoms with Crippen molar-refractivity contribution in [3.63, 3.8) is 0 Å². The van der Waals surface area contributed by atoms with Crippen LogP contribution < -0.4 is 4.90 Å². The number of hydrogen-bond donors (Lipinski definition) is 0. The van der Waals surface area contributed by atoms with Crippen molar-refractivity contribution >= 4 is 37.6 Å². The van der Waals surface area contributed by atoms with Crippen LogP contribution in [0.2, 0.25) is 3.43 Å². The molecule has 0 amide bonds. The fourth-order valence-corrected chi connectivity index (χ4v) is 5.83. The number of rotatable bonds is 3. The van der Waals surface area contributed by atoms with Gasteiger partial charge >= 0.3 is 145 Å². The van der Waals surface area contributed by atoms with Gasteiger partial charge in [0, 0.05) is 0 Å². The van der Waals surface area contributed by atoms with Crippen LogP contribution in [0.4, 0.5) is 5.69 Å². The first kappa shape index (κ1) is 16.2. The van der Waals surface area contributed by atoms with Crippen LogP contribution in [-0.4, -0.2) is 34.2 Å². The van der Waals surface area contributed by atoms with Crippen LogP contribution in [0.15, 0.2) is 36.4 Å². The maximum absolute atomic E-state index is 2.55. The van der Waals surface area contributed by atoms with Crippen LogP contribution in [-0.2, 0) is 4.44 Å². The van der Waals surface area contributed by atoms with Crippen molar-refractivity contribution in [3.05, 3.63) is 42.0 Å². The van der Waals surface area contributed by atoms with E-state index in [2.05, 4.69) is 62.1 Å². The Hall–Kier alpha value is -0.701. The first-order valence-corrected chi connectivity index (χ1v) is 12.0. The standard InChI is InChI=1S/C16H18N.C4H9.Sn/c1-13-5-6-15-12-16(8-7-14(15)11-13)17-9-3-2-4-10-17;1-4(2)3;/h5-8,11-12H,1-4,9-10H2;1-3H3;. The monoisotopic (exact) mass is 401 g/mol. The summed E-state index contributed by atoms with van der Waals surface area (Å²) < 4.78 is 1.92.